The minimum atomic E-state index is 0.787. The number of aromatic nitrogens is 2. The Morgan fingerprint density at radius 3 is 3.00 bits per heavy atom. The summed E-state index contributed by atoms with van der Waals surface area (Å²) in [6.45, 7) is 3.94. The molecule has 1 heterocycles. The number of ether oxygens (including phenoxy) is 1. The minimum Gasteiger partial charge on any atom is -0.497 e. The van der Waals surface area contributed by atoms with Crippen LogP contribution in [0.4, 0.5) is 0 Å². The maximum Gasteiger partial charge on any atom is 0.147 e. The van der Waals surface area contributed by atoms with Crippen molar-refractivity contribution in [3.05, 3.63) is 29.3 Å². The predicted octanol–water partition coefficient (Wildman–Crippen LogP) is 2.71. The van der Waals surface area contributed by atoms with Gasteiger partial charge in [-0.3, -0.25) is 0 Å². The third kappa shape index (κ3) is 3.27. The number of rotatable bonds is 6. The summed E-state index contributed by atoms with van der Waals surface area (Å²) < 4.78 is 5.21. The Morgan fingerprint density at radius 1 is 1.33 bits per heavy atom. The summed E-state index contributed by atoms with van der Waals surface area (Å²) in [6.07, 6.45) is 1.13. The largest absolute Gasteiger partial charge is 0.497 e. The fraction of sp³-hybridized carbons (Fsp3) is 0.385. The average molecular weight is 263 g/mol. The molecule has 2 rings (SSSR count). The Bertz CT molecular complexity index is 498. The lowest BCUT2D eigenvalue weighted by Gasteiger charge is -2.00. The van der Waals surface area contributed by atoms with Crippen LogP contribution in [0.1, 0.15) is 18.4 Å². The first-order valence-electron chi connectivity index (χ1n) is 6.01. The van der Waals surface area contributed by atoms with Gasteiger partial charge in [-0.15, -0.1) is 10.2 Å². The van der Waals surface area contributed by atoms with Crippen molar-refractivity contribution in [3.63, 3.8) is 0 Å². The lowest BCUT2D eigenvalue weighted by molar-refractivity contribution is 0.415. The molecule has 1 aromatic carbocycles. The van der Waals surface area contributed by atoms with E-state index in [1.807, 2.05) is 24.3 Å². The standard InChI is InChI=1S/C13H17N3OS/c1-3-7-14-9-12-15-16-13(18-12)10-5-4-6-11(8-10)17-2/h4-6,8,14H,3,7,9H2,1-2H3. The molecule has 0 aliphatic heterocycles. The van der Waals surface area contributed by atoms with E-state index in [9.17, 15) is 0 Å². The van der Waals surface area contributed by atoms with Gasteiger partial charge in [-0.2, -0.15) is 0 Å². The Balaban J connectivity index is 2.08. The van der Waals surface area contributed by atoms with Gasteiger partial charge in [0, 0.05) is 12.1 Å². The Morgan fingerprint density at radius 2 is 2.22 bits per heavy atom. The first-order chi connectivity index (χ1) is 8.83. The normalized spacial score (nSPS) is 10.6. The van der Waals surface area contributed by atoms with Crippen molar-refractivity contribution in [2.75, 3.05) is 13.7 Å². The van der Waals surface area contributed by atoms with Crippen LogP contribution in [-0.2, 0) is 6.54 Å². The van der Waals surface area contributed by atoms with Gasteiger partial charge in [-0.05, 0) is 25.1 Å². The molecule has 0 amide bonds. The molecule has 0 fully saturated rings. The number of benzene rings is 1. The molecule has 4 nitrogen and oxygen atoms in total. The van der Waals surface area contributed by atoms with Crippen LogP contribution >= 0.6 is 11.3 Å². The van der Waals surface area contributed by atoms with E-state index in [1.165, 1.54) is 0 Å². The SMILES string of the molecule is CCCNCc1nnc(-c2cccc(OC)c2)s1. The molecule has 0 aliphatic rings. The van der Waals surface area contributed by atoms with Crippen LogP contribution in [0.5, 0.6) is 5.75 Å². The van der Waals surface area contributed by atoms with Crippen LogP contribution in [0.2, 0.25) is 0 Å². The number of methoxy groups -OCH3 is 1. The van der Waals surface area contributed by atoms with Gasteiger partial charge in [0.2, 0.25) is 0 Å². The molecule has 0 spiro atoms. The molecule has 0 radical (unpaired) electrons. The Hall–Kier alpha value is -1.46. The lowest BCUT2D eigenvalue weighted by Crippen LogP contribution is -2.13. The first kappa shape index (κ1) is 13.0. The molecule has 0 bridgehead atoms. The zero-order valence-corrected chi connectivity index (χ0v) is 11.5. The molecular weight excluding hydrogens is 246 g/mol. The maximum atomic E-state index is 5.21. The van der Waals surface area contributed by atoms with Gasteiger partial charge in [0.25, 0.3) is 0 Å². The monoisotopic (exact) mass is 263 g/mol. The van der Waals surface area contributed by atoms with Crippen molar-refractivity contribution >= 4 is 11.3 Å². The number of nitrogens with one attached hydrogen (secondary N) is 1. The van der Waals surface area contributed by atoms with Gasteiger partial charge >= 0.3 is 0 Å². The van der Waals surface area contributed by atoms with Crippen molar-refractivity contribution in [1.82, 2.24) is 15.5 Å². The third-order valence-corrected chi connectivity index (χ3v) is 3.46. The quantitative estimate of drug-likeness (QED) is 0.814. The number of nitrogens with zero attached hydrogens (tertiary/aromatic N) is 2. The number of hydrogen-bond acceptors (Lipinski definition) is 5. The van der Waals surface area contributed by atoms with E-state index in [2.05, 4.69) is 22.4 Å². The van der Waals surface area contributed by atoms with Crippen LogP contribution in [0, 0.1) is 0 Å². The van der Waals surface area contributed by atoms with Crippen molar-refractivity contribution in [3.8, 4) is 16.3 Å². The molecule has 1 N–H and O–H groups in total. The smallest absolute Gasteiger partial charge is 0.147 e. The fourth-order valence-electron chi connectivity index (χ4n) is 1.57. The zero-order chi connectivity index (χ0) is 12.8. The van der Waals surface area contributed by atoms with Crippen LogP contribution in [0.3, 0.4) is 0 Å². The van der Waals surface area contributed by atoms with Gasteiger partial charge in [0.15, 0.2) is 0 Å². The maximum absolute atomic E-state index is 5.21. The van der Waals surface area contributed by atoms with Crippen molar-refractivity contribution < 1.29 is 4.74 Å². The van der Waals surface area contributed by atoms with Crippen LogP contribution < -0.4 is 10.1 Å². The zero-order valence-electron chi connectivity index (χ0n) is 10.6. The molecule has 96 valence electrons. The van der Waals surface area contributed by atoms with Crippen LogP contribution in [0.15, 0.2) is 24.3 Å². The highest BCUT2D eigenvalue weighted by molar-refractivity contribution is 7.14. The highest BCUT2D eigenvalue weighted by atomic mass is 32.1. The van der Waals surface area contributed by atoms with Crippen molar-refractivity contribution in [2.45, 2.75) is 19.9 Å². The molecule has 18 heavy (non-hydrogen) atoms. The third-order valence-electron chi connectivity index (χ3n) is 2.49. The second kappa shape index (κ2) is 6.47. The molecule has 0 aliphatic carbocycles. The molecule has 0 saturated carbocycles. The topological polar surface area (TPSA) is 47.0 Å². The van der Waals surface area contributed by atoms with E-state index >= 15 is 0 Å². The summed E-state index contributed by atoms with van der Waals surface area (Å²) in [7, 11) is 1.67. The van der Waals surface area contributed by atoms with Crippen molar-refractivity contribution in [2.24, 2.45) is 0 Å². The van der Waals surface area contributed by atoms with E-state index in [0.717, 1.165) is 40.8 Å². The van der Waals surface area contributed by atoms with E-state index in [0.29, 0.717) is 0 Å². The summed E-state index contributed by atoms with van der Waals surface area (Å²) in [5.41, 5.74) is 1.05. The average Bonchev–Trinajstić information content (AvgIpc) is 2.88. The number of hydrogen-bond donors (Lipinski definition) is 1. The van der Waals surface area contributed by atoms with E-state index < -0.39 is 0 Å². The van der Waals surface area contributed by atoms with Crippen LogP contribution in [0.25, 0.3) is 10.6 Å². The highest BCUT2D eigenvalue weighted by Crippen LogP contribution is 2.26. The fourth-order valence-corrected chi connectivity index (χ4v) is 2.38. The summed E-state index contributed by atoms with van der Waals surface area (Å²) in [6, 6.07) is 7.88. The summed E-state index contributed by atoms with van der Waals surface area (Å²) in [5.74, 6) is 0.841. The summed E-state index contributed by atoms with van der Waals surface area (Å²) in [4.78, 5) is 0. The first-order valence-corrected chi connectivity index (χ1v) is 6.82. The van der Waals surface area contributed by atoms with Gasteiger partial charge in [-0.25, -0.2) is 0 Å². The molecule has 5 heteroatoms. The van der Waals surface area contributed by atoms with Gasteiger partial charge < -0.3 is 10.1 Å². The lowest BCUT2D eigenvalue weighted by atomic mass is 10.2. The summed E-state index contributed by atoms with van der Waals surface area (Å²) >= 11 is 1.62. The van der Waals surface area contributed by atoms with Gasteiger partial charge in [-0.1, -0.05) is 30.4 Å². The molecular formula is C13H17N3OS. The highest BCUT2D eigenvalue weighted by Gasteiger charge is 2.07. The van der Waals surface area contributed by atoms with Gasteiger partial charge in [0.1, 0.15) is 15.8 Å². The molecule has 0 atom stereocenters. The van der Waals surface area contributed by atoms with Crippen LogP contribution in [-0.4, -0.2) is 23.9 Å². The molecule has 2 aromatic rings. The predicted molar refractivity (Wildman–Crippen MR) is 73.9 cm³/mol. The van der Waals surface area contributed by atoms with Crippen molar-refractivity contribution in [1.29, 1.82) is 0 Å². The molecule has 1 aromatic heterocycles. The Labute approximate surface area is 111 Å². The molecule has 0 saturated heterocycles. The molecule has 0 unspecified atom stereocenters. The van der Waals surface area contributed by atoms with E-state index in [-0.39, 0.29) is 0 Å². The second-order valence-corrected chi connectivity index (χ2v) is 4.97. The van der Waals surface area contributed by atoms with E-state index in [1.54, 1.807) is 18.4 Å². The minimum absolute atomic E-state index is 0.787. The Kier molecular flexibility index (Phi) is 4.66. The summed E-state index contributed by atoms with van der Waals surface area (Å²) in [5, 5.41) is 13.7. The second-order valence-electron chi connectivity index (χ2n) is 3.91. The van der Waals surface area contributed by atoms with Gasteiger partial charge in [0.05, 0.1) is 7.11 Å². The van der Waals surface area contributed by atoms with E-state index in [4.69, 9.17) is 4.74 Å².